The van der Waals surface area contributed by atoms with Crippen LogP contribution in [0.15, 0.2) is 46.9 Å². The molecule has 0 N–H and O–H groups in total. The Labute approximate surface area is 122 Å². The van der Waals surface area contributed by atoms with E-state index in [4.69, 9.17) is 0 Å². The molecule has 0 aliphatic rings. The molecule has 0 unspecified atom stereocenters. The van der Waals surface area contributed by atoms with Crippen molar-refractivity contribution in [2.45, 2.75) is 13.5 Å². The van der Waals surface area contributed by atoms with Crippen LogP contribution >= 0.6 is 15.9 Å². The first-order valence-electron chi connectivity index (χ1n) is 6.11. The van der Waals surface area contributed by atoms with Gasteiger partial charge in [-0.1, -0.05) is 29.8 Å². The van der Waals surface area contributed by atoms with Gasteiger partial charge in [-0.15, -0.1) is 0 Å². The van der Waals surface area contributed by atoms with E-state index >= 15 is 0 Å². The maximum Gasteiger partial charge on any atom is 0.151 e. The molecule has 0 bridgehead atoms. The Hall–Kier alpha value is -1.61. The number of hydrogen-bond donors (Lipinski definition) is 0. The third-order valence-electron chi connectivity index (χ3n) is 3.09. The van der Waals surface area contributed by atoms with Gasteiger partial charge in [0, 0.05) is 29.3 Å². The molecule has 3 heteroatoms. The van der Waals surface area contributed by atoms with Gasteiger partial charge >= 0.3 is 0 Å². The van der Waals surface area contributed by atoms with E-state index in [0.29, 0.717) is 5.56 Å². The lowest BCUT2D eigenvalue weighted by atomic mass is 10.1. The molecule has 98 valence electrons. The van der Waals surface area contributed by atoms with Gasteiger partial charge in [0.1, 0.15) is 0 Å². The van der Waals surface area contributed by atoms with Crippen molar-refractivity contribution in [3.8, 4) is 0 Å². The monoisotopic (exact) mass is 317 g/mol. The number of rotatable bonds is 4. The van der Waals surface area contributed by atoms with E-state index in [0.717, 1.165) is 23.0 Å². The topological polar surface area (TPSA) is 20.3 Å². The van der Waals surface area contributed by atoms with Crippen LogP contribution in [0.3, 0.4) is 0 Å². The number of nitrogens with zero attached hydrogens (tertiary/aromatic N) is 1. The Bertz CT molecular complexity index is 578. The van der Waals surface area contributed by atoms with Gasteiger partial charge in [0.05, 0.1) is 0 Å². The highest BCUT2D eigenvalue weighted by molar-refractivity contribution is 9.10. The fourth-order valence-electron chi connectivity index (χ4n) is 1.91. The Morgan fingerprint density at radius 2 is 1.84 bits per heavy atom. The molecule has 0 aromatic heterocycles. The van der Waals surface area contributed by atoms with Gasteiger partial charge in [0.25, 0.3) is 0 Å². The van der Waals surface area contributed by atoms with Crippen molar-refractivity contribution >= 4 is 27.9 Å². The summed E-state index contributed by atoms with van der Waals surface area (Å²) in [7, 11) is 2.04. The number of aryl methyl sites for hydroxylation is 1. The molecule has 2 aromatic carbocycles. The zero-order valence-electron chi connectivity index (χ0n) is 11.1. The van der Waals surface area contributed by atoms with Crippen LogP contribution in [0.4, 0.5) is 5.69 Å². The van der Waals surface area contributed by atoms with E-state index in [1.165, 1.54) is 11.1 Å². The van der Waals surface area contributed by atoms with Crippen LogP contribution in [0.2, 0.25) is 0 Å². The Morgan fingerprint density at radius 3 is 2.42 bits per heavy atom. The number of hydrogen-bond acceptors (Lipinski definition) is 2. The molecule has 0 saturated heterocycles. The molecule has 0 aliphatic heterocycles. The third-order valence-corrected chi connectivity index (χ3v) is 3.78. The number of carbonyl (C=O) groups excluding carboxylic acids is 1. The highest BCUT2D eigenvalue weighted by Crippen LogP contribution is 2.23. The molecule has 2 rings (SSSR count). The quantitative estimate of drug-likeness (QED) is 0.787. The predicted molar refractivity (Wildman–Crippen MR) is 82.8 cm³/mol. The SMILES string of the molecule is Cc1ccc(CN(C)c2ccc(C=O)c(Br)c2)cc1. The minimum Gasteiger partial charge on any atom is -0.370 e. The number of halogens is 1. The first kappa shape index (κ1) is 13.8. The van der Waals surface area contributed by atoms with Gasteiger partial charge in [-0.05, 0) is 46.6 Å². The maximum atomic E-state index is 10.8. The minimum atomic E-state index is 0.674. The summed E-state index contributed by atoms with van der Waals surface area (Å²) in [5, 5.41) is 0. The molecule has 0 amide bonds. The molecule has 0 atom stereocenters. The van der Waals surface area contributed by atoms with E-state index in [1.807, 2.05) is 25.2 Å². The summed E-state index contributed by atoms with van der Waals surface area (Å²) in [6.45, 7) is 2.93. The van der Waals surface area contributed by atoms with Crippen LogP contribution in [-0.4, -0.2) is 13.3 Å². The average molecular weight is 318 g/mol. The van der Waals surface area contributed by atoms with Gasteiger partial charge in [-0.3, -0.25) is 4.79 Å². The smallest absolute Gasteiger partial charge is 0.151 e. The molecule has 0 radical (unpaired) electrons. The molecule has 0 heterocycles. The number of carbonyl (C=O) groups is 1. The van der Waals surface area contributed by atoms with Crippen LogP contribution < -0.4 is 4.90 Å². The highest BCUT2D eigenvalue weighted by Gasteiger charge is 2.05. The first-order chi connectivity index (χ1) is 9.10. The summed E-state index contributed by atoms with van der Waals surface area (Å²) < 4.78 is 0.829. The number of benzene rings is 2. The van der Waals surface area contributed by atoms with Crippen molar-refractivity contribution in [2.24, 2.45) is 0 Å². The summed E-state index contributed by atoms with van der Waals surface area (Å²) in [4.78, 5) is 12.9. The number of aldehydes is 1. The van der Waals surface area contributed by atoms with Crippen LogP contribution in [0.5, 0.6) is 0 Å². The normalized spacial score (nSPS) is 10.3. The Morgan fingerprint density at radius 1 is 1.16 bits per heavy atom. The Kier molecular flexibility index (Phi) is 4.38. The molecular formula is C16H16BrNO. The number of anilines is 1. The van der Waals surface area contributed by atoms with Crippen LogP contribution in [0, 0.1) is 6.92 Å². The summed E-state index contributed by atoms with van der Waals surface area (Å²) in [6, 6.07) is 14.3. The molecule has 0 aliphatic carbocycles. The van der Waals surface area contributed by atoms with Gasteiger partial charge in [0.2, 0.25) is 0 Å². The van der Waals surface area contributed by atoms with E-state index in [1.54, 1.807) is 0 Å². The summed E-state index contributed by atoms with van der Waals surface area (Å²) in [5.41, 5.74) is 4.29. The fraction of sp³-hybridized carbons (Fsp3) is 0.188. The van der Waals surface area contributed by atoms with Gasteiger partial charge in [-0.2, -0.15) is 0 Å². The van der Waals surface area contributed by atoms with E-state index in [2.05, 4.69) is 52.0 Å². The van der Waals surface area contributed by atoms with Crippen molar-refractivity contribution in [1.29, 1.82) is 0 Å². The van der Waals surface area contributed by atoms with Crippen molar-refractivity contribution in [1.82, 2.24) is 0 Å². The second-order valence-electron chi connectivity index (χ2n) is 4.67. The molecular weight excluding hydrogens is 302 g/mol. The van der Waals surface area contributed by atoms with Crippen molar-refractivity contribution in [3.05, 3.63) is 63.6 Å². The Balaban J connectivity index is 2.15. The lowest BCUT2D eigenvalue weighted by molar-refractivity contribution is 0.112. The molecule has 0 saturated carbocycles. The average Bonchev–Trinajstić information content (AvgIpc) is 2.41. The van der Waals surface area contributed by atoms with Crippen molar-refractivity contribution < 1.29 is 4.79 Å². The highest BCUT2D eigenvalue weighted by atomic mass is 79.9. The van der Waals surface area contributed by atoms with Gasteiger partial charge in [-0.25, -0.2) is 0 Å². The standard InChI is InChI=1S/C16H16BrNO/c1-12-3-5-13(6-4-12)10-18(2)15-8-7-14(11-19)16(17)9-15/h3-9,11H,10H2,1-2H3. The lowest BCUT2D eigenvalue weighted by Gasteiger charge is -2.20. The zero-order valence-corrected chi connectivity index (χ0v) is 12.6. The van der Waals surface area contributed by atoms with Crippen molar-refractivity contribution in [2.75, 3.05) is 11.9 Å². The predicted octanol–water partition coefficient (Wildman–Crippen LogP) is 4.21. The molecule has 2 aromatic rings. The second-order valence-corrected chi connectivity index (χ2v) is 5.52. The van der Waals surface area contributed by atoms with E-state index < -0.39 is 0 Å². The van der Waals surface area contributed by atoms with Crippen molar-refractivity contribution in [3.63, 3.8) is 0 Å². The largest absolute Gasteiger partial charge is 0.370 e. The van der Waals surface area contributed by atoms with Gasteiger partial charge in [0.15, 0.2) is 6.29 Å². The minimum absolute atomic E-state index is 0.674. The van der Waals surface area contributed by atoms with Crippen LogP contribution in [-0.2, 0) is 6.54 Å². The summed E-state index contributed by atoms with van der Waals surface area (Å²) >= 11 is 3.41. The van der Waals surface area contributed by atoms with Crippen LogP contribution in [0.25, 0.3) is 0 Å². The van der Waals surface area contributed by atoms with Crippen LogP contribution in [0.1, 0.15) is 21.5 Å². The fourth-order valence-corrected chi connectivity index (χ4v) is 2.37. The molecule has 0 fully saturated rings. The first-order valence-corrected chi connectivity index (χ1v) is 6.91. The van der Waals surface area contributed by atoms with Gasteiger partial charge < -0.3 is 4.90 Å². The zero-order chi connectivity index (χ0) is 13.8. The summed E-state index contributed by atoms with van der Waals surface area (Å²) in [5.74, 6) is 0. The molecule has 2 nitrogen and oxygen atoms in total. The molecule has 19 heavy (non-hydrogen) atoms. The molecule has 0 spiro atoms. The summed E-state index contributed by atoms with van der Waals surface area (Å²) in [6.07, 6.45) is 0.855. The maximum absolute atomic E-state index is 10.8. The van der Waals surface area contributed by atoms with E-state index in [-0.39, 0.29) is 0 Å². The third kappa shape index (κ3) is 3.44. The lowest BCUT2D eigenvalue weighted by Crippen LogP contribution is -2.16. The van der Waals surface area contributed by atoms with E-state index in [9.17, 15) is 4.79 Å². The second kappa shape index (κ2) is 6.02.